The summed E-state index contributed by atoms with van der Waals surface area (Å²) in [5.74, 6) is 2.90. The third-order valence-corrected chi connectivity index (χ3v) is 8.95. The van der Waals surface area contributed by atoms with Crippen molar-refractivity contribution in [1.29, 1.82) is 0 Å². The lowest BCUT2D eigenvalue weighted by Crippen LogP contribution is -2.17. The van der Waals surface area contributed by atoms with Crippen molar-refractivity contribution in [3.63, 3.8) is 0 Å². The Labute approximate surface area is 179 Å². The Morgan fingerprint density at radius 2 is 1.84 bits per heavy atom. The predicted octanol–water partition coefficient (Wildman–Crippen LogP) is 4.48. The number of carbonyl (C=O) groups is 1. The zero-order valence-corrected chi connectivity index (χ0v) is 19.6. The van der Waals surface area contributed by atoms with Crippen molar-refractivity contribution < 1.29 is 19.7 Å². The maximum atomic E-state index is 11.5. The first-order valence-electron chi connectivity index (χ1n) is 7.05. The van der Waals surface area contributed by atoms with Gasteiger partial charge in [-0.25, -0.2) is 4.99 Å². The van der Waals surface area contributed by atoms with Crippen LogP contribution in [0.1, 0.15) is 6.92 Å². The van der Waals surface area contributed by atoms with E-state index in [2.05, 4.69) is 17.2 Å². The smallest absolute Gasteiger partial charge is 0.280 e. The molecule has 0 spiro atoms. The van der Waals surface area contributed by atoms with Crippen LogP contribution in [0.4, 0.5) is 4.79 Å². The summed E-state index contributed by atoms with van der Waals surface area (Å²) in [6, 6.07) is 0. The number of hydrogen-bond donors (Lipinski definition) is 2. The first kappa shape index (κ1) is 26.3. The molecule has 0 atom stereocenters. The average molecular weight is 485 g/mol. The van der Waals surface area contributed by atoms with E-state index in [0.717, 1.165) is 21.0 Å². The van der Waals surface area contributed by atoms with Gasteiger partial charge in [0.1, 0.15) is 5.94 Å². The normalized spacial score (nSPS) is 11.1. The van der Waals surface area contributed by atoms with Gasteiger partial charge in [0.25, 0.3) is 5.24 Å². The summed E-state index contributed by atoms with van der Waals surface area (Å²) in [5.41, 5.74) is 0. The molecule has 0 aromatic rings. The molecule has 0 aromatic heterocycles. The van der Waals surface area contributed by atoms with Gasteiger partial charge in [-0.1, -0.05) is 18.7 Å². The van der Waals surface area contributed by atoms with Gasteiger partial charge >= 0.3 is 0 Å². The summed E-state index contributed by atoms with van der Waals surface area (Å²) in [5, 5.41) is 14.9. The lowest BCUT2D eigenvalue weighted by molar-refractivity contribution is -0.196. The van der Waals surface area contributed by atoms with Crippen LogP contribution in [-0.4, -0.2) is 66.5 Å². The number of aliphatic hydroxyl groups is 1. The Morgan fingerprint density at radius 1 is 1.08 bits per heavy atom. The molecule has 0 saturated heterocycles. The molecule has 0 rings (SSSR count). The third-order valence-electron chi connectivity index (χ3n) is 1.87. The number of hydrogen-bond acceptors (Lipinski definition) is 12. The summed E-state index contributed by atoms with van der Waals surface area (Å²) in [4.78, 5) is 25.2. The summed E-state index contributed by atoms with van der Waals surface area (Å²) in [6.07, 6.45) is 1.33. The Hall–Kier alpha value is 1.31. The van der Waals surface area contributed by atoms with Gasteiger partial charge in [-0.3, -0.25) is 4.79 Å². The second-order valence-electron chi connectivity index (χ2n) is 3.62. The first-order valence-corrected chi connectivity index (χ1v) is 15.0. The van der Waals surface area contributed by atoms with Crippen molar-refractivity contribution in [2.24, 2.45) is 4.99 Å². The van der Waals surface area contributed by atoms with E-state index in [4.69, 9.17) is 14.9 Å². The highest BCUT2D eigenvalue weighted by Crippen LogP contribution is 2.19. The second kappa shape index (κ2) is 23.3. The van der Waals surface area contributed by atoms with Crippen molar-refractivity contribution >= 4 is 94.0 Å². The van der Waals surface area contributed by atoms with E-state index in [1.165, 1.54) is 29.9 Å². The lowest BCUT2D eigenvalue weighted by Gasteiger charge is -2.04. The van der Waals surface area contributed by atoms with Gasteiger partial charge in [0, 0.05) is 20.3 Å². The molecule has 25 heavy (non-hydrogen) atoms. The SMILES string of the molecule is CCSCOOC=NCSCSCSCNC(=O)SCSCSCO. The summed E-state index contributed by atoms with van der Waals surface area (Å²) in [6.45, 7) is 2.06. The van der Waals surface area contributed by atoms with E-state index in [9.17, 15) is 4.79 Å². The molecule has 0 fully saturated rings. The Bertz CT molecular complexity index is 330. The van der Waals surface area contributed by atoms with E-state index >= 15 is 0 Å². The highest BCUT2D eigenvalue weighted by atomic mass is 32.2. The predicted molar refractivity (Wildman–Crippen MR) is 124 cm³/mol. The van der Waals surface area contributed by atoms with Crippen LogP contribution in [0.15, 0.2) is 4.99 Å². The van der Waals surface area contributed by atoms with Crippen LogP contribution in [-0.2, 0) is 9.78 Å². The number of nitrogens with zero attached hydrogens (tertiary/aromatic N) is 1. The number of aliphatic imine (C=N–C) groups is 1. The van der Waals surface area contributed by atoms with Gasteiger partial charge in [0.05, 0.1) is 17.7 Å². The zero-order valence-electron chi connectivity index (χ0n) is 13.9. The molecule has 6 nitrogen and oxygen atoms in total. The molecule has 0 heterocycles. The molecule has 0 saturated carbocycles. The van der Waals surface area contributed by atoms with Crippen LogP contribution in [0, 0.1) is 0 Å². The second-order valence-corrected chi connectivity index (χ2v) is 12.1. The molecule has 1 amide bonds. The van der Waals surface area contributed by atoms with Crippen molar-refractivity contribution in [2.75, 3.05) is 49.7 Å². The summed E-state index contributed by atoms with van der Waals surface area (Å²) >= 11 is 11.2. The van der Waals surface area contributed by atoms with Crippen LogP contribution >= 0.6 is 82.3 Å². The number of carbonyl (C=O) groups excluding carboxylic acids is 1. The molecule has 13 heteroatoms. The number of amides is 1. The highest BCUT2D eigenvalue weighted by Gasteiger charge is 2.01. The van der Waals surface area contributed by atoms with E-state index in [1.807, 2.05) is 0 Å². The maximum absolute atomic E-state index is 11.5. The van der Waals surface area contributed by atoms with Crippen molar-refractivity contribution in [2.45, 2.75) is 6.92 Å². The largest absolute Gasteiger partial charge is 0.386 e. The molecule has 0 unspecified atom stereocenters. The fraction of sp³-hybridized carbons (Fsp3) is 0.833. The number of nitrogens with one attached hydrogen (secondary N) is 1. The fourth-order valence-corrected chi connectivity index (χ4v) is 6.74. The molecule has 2 N–H and O–H groups in total. The monoisotopic (exact) mass is 484 g/mol. The Balaban J connectivity index is 3.17. The lowest BCUT2D eigenvalue weighted by atomic mass is 11.0. The van der Waals surface area contributed by atoms with E-state index in [1.54, 1.807) is 58.8 Å². The Morgan fingerprint density at radius 3 is 2.64 bits per heavy atom. The standard InChI is InChI=1S/C12H24N2O4S7/c1-2-19-7-18-17-3-13-4-20-8-23-9-21-5-14-12(16)25-11-24-10-22-6-15/h3,15H,2,4-11H2,1H3,(H,14,16). The molecule has 0 bridgehead atoms. The van der Waals surface area contributed by atoms with Gasteiger partial charge < -0.3 is 15.3 Å². The van der Waals surface area contributed by atoms with E-state index in [-0.39, 0.29) is 11.2 Å². The first-order chi connectivity index (χ1) is 12.3. The molecule has 0 aliphatic carbocycles. The van der Waals surface area contributed by atoms with Crippen LogP contribution in [0.2, 0.25) is 0 Å². The van der Waals surface area contributed by atoms with Crippen molar-refractivity contribution in [1.82, 2.24) is 5.32 Å². The van der Waals surface area contributed by atoms with Gasteiger partial charge in [-0.2, -0.15) is 4.89 Å². The fourth-order valence-electron chi connectivity index (χ4n) is 0.906. The van der Waals surface area contributed by atoms with E-state index in [0.29, 0.717) is 22.8 Å². The third kappa shape index (κ3) is 23.3. The van der Waals surface area contributed by atoms with E-state index < -0.39 is 0 Å². The van der Waals surface area contributed by atoms with Crippen molar-refractivity contribution in [3.05, 3.63) is 0 Å². The van der Waals surface area contributed by atoms with Crippen LogP contribution in [0.5, 0.6) is 0 Å². The highest BCUT2D eigenvalue weighted by molar-refractivity contribution is 8.27. The average Bonchev–Trinajstić information content (AvgIpc) is 2.62. The molecule has 0 aromatic carbocycles. The van der Waals surface area contributed by atoms with Gasteiger partial charge in [0.2, 0.25) is 6.40 Å². The molecule has 0 radical (unpaired) electrons. The summed E-state index contributed by atoms with van der Waals surface area (Å²) in [7, 11) is 0. The van der Waals surface area contributed by atoms with Crippen molar-refractivity contribution in [3.8, 4) is 0 Å². The quantitative estimate of drug-likeness (QED) is 0.0722. The Kier molecular flexibility index (Phi) is 24.6. The molecular formula is C12H24N2O4S7. The van der Waals surface area contributed by atoms with Crippen LogP contribution in [0.3, 0.4) is 0 Å². The number of rotatable bonds is 18. The zero-order chi connectivity index (χ0) is 18.4. The van der Waals surface area contributed by atoms with Gasteiger partial charge in [-0.05, 0) is 5.75 Å². The molecule has 148 valence electrons. The van der Waals surface area contributed by atoms with Crippen LogP contribution in [0.25, 0.3) is 0 Å². The van der Waals surface area contributed by atoms with Crippen LogP contribution < -0.4 is 5.32 Å². The topological polar surface area (TPSA) is 80.2 Å². The minimum Gasteiger partial charge on any atom is -0.386 e. The van der Waals surface area contributed by atoms with Gasteiger partial charge in [-0.15, -0.1) is 70.6 Å². The van der Waals surface area contributed by atoms with Gasteiger partial charge in [0.15, 0.2) is 0 Å². The minimum absolute atomic E-state index is 0.00210. The maximum Gasteiger partial charge on any atom is 0.280 e. The number of thioether (sulfide) groups is 7. The minimum atomic E-state index is 0.00210. The number of aliphatic hydroxyl groups excluding tert-OH is 1. The molecule has 0 aliphatic rings. The molecule has 0 aliphatic heterocycles. The molecular weight excluding hydrogens is 461 g/mol. The summed E-state index contributed by atoms with van der Waals surface area (Å²) < 4.78 is 0.